The molecule has 2 rings (SSSR count). The van der Waals surface area contributed by atoms with E-state index in [1.54, 1.807) is 6.21 Å². The molecule has 1 atom stereocenters. The Morgan fingerprint density at radius 2 is 2.58 bits per heavy atom. The summed E-state index contributed by atoms with van der Waals surface area (Å²) in [7, 11) is 0. The molecule has 1 amide bonds. The van der Waals surface area contributed by atoms with Crippen LogP contribution < -0.4 is 0 Å². The molecule has 0 saturated carbocycles. The lowest BCUT2D eigenvalue weighted by atomic mass is 10.0. The van der Waals surface area contributed by atoms with Crippen LogP contribution in [-0.2, 0) is 4.84 Å². The third-order valence-electron chi connectivity index (χ3n) is 2.37. The normalized spacial score (nSPS) is 32.8. The van der Waals surface area contributed by atoms with Crippen LogP contribution in [0.4, 0.5) is 4.79 Å². The van der Waals surface area contributed by atoms with Gasteiger partial charge < -0.3 is 14.8 Å². The molecular formula is C7H10N2O3. The number of hydrogen-bond acceptors (Lipinski definition) is 3. The molecule has 0 aromatic heterocycles. The van der Waals surface area contributed by atoms with Gasteiger partial charge in [-0.3, -0.25) is 0 Å². The van der Waals surface area contributed by atoms with Gasteiger partial charge in [-0.15, -0.1) is 0 Å². The Bertz CT molecular complexity index is 231. The van der Waals surface area contributed by atoms with Gasteiger partial charge >= 0.3 is 6.09 Å². The van der Waals surface area contributed by atoms with Crippen molar-refractivity contribution in [3.63, 3.8) is 0 Å². The number of rotatable bonds is 0. The van der Waals surface area contributed by atoms with Crippen molar-refractivity contribution < 1.29 is 14.7 Å². The first-order valence-electron chi connectivity index (χ1n) is 3.90. The second-order valence-electron chi connectivity index (χ2n) is 3.22. The SMILES string of the molecule is O=C(O)N1CCC2(CC=NO2)C1. The third-order valence-corrected chi connectivity index (χ3v) is 2.37. The minimum absolute atomic E-state index is 0.335. The van der Waals surface area contributed by atoms with E-state index in [1.807, 2.05) is 0 Å². The molecule has 2 aliphatic heterocycles. The molecule has 0 radical (unpaired) electrons. The molecule has 0 aromatic rings. The van der Waals surface area contributed by atoms with Gasteiger partial charge in [-0.05, 0) is 0 Å². The lowest BCUT2D eigenvalue weighted by Crippen LogP contribution is -2.35. The average Bonchev–Trinajstić information content (AvgIpc) is 2.62. The fourth-order valence-electron chi connectivity index (χ4n) is 1.64. The highest BCUT2D eigenvalue weighted by Gasteiger charge is 2.44. The third kappa shape index (κ3) is 1.01. The monoisotopic (exact) mass is 170 g/mol. The molecular weight excluding hydrogens is 160 g/mol. The van der Waals surface area contributed by atoms with Crippen LogP contribution >= 0.6 is 0 Å². The van der Waals surface area contributed by atoms with Crippen LogP contribution in [0.25, 0.3) is 0 Å². The minimum atomic E-state index is -0.873. The van der Waals surface area contributed by atoms with Crippen molar-refractivity contribution in [3.05, 3.63) is 0 Å². The van der Waals surface area contributed by atoms with Crippen molar-refractivity contribution in [3.8, 4) is 0 Å². The maximum absolute atomic E-state index is 10.6. The van der Waals surface area contributed by atoms with Gasteiger partial charge in [0.25, 0.3) is 0 Å². The Morgan fingerprint density at radius 1 is 1.75 bits per heavy atom. The lowest BCUT2D eigenvalue weighted by Gasteiger charge is -2.19. The summed E-state index contributed by atoms with van der Waals surface area (Å²) in [6.07, 6.45) is 2.31. The van der Waals surface area contributed by atoms with Crippen LogP contribution in [0.15, 0.2) is 5.16 Å². The van der Waals surface area contributed by atoms with Gasteiger partial charge in [0.15, 0.2) is 5.60 Å². The highest BCUT2D eigenvalue weighted by atomic mass is 16.7. The molecule has 0 aromatic carbocycles. The molecule has 5 nitrogen and oxygen atoms in total. The standard InChI is InChI=1S/C7H10N2O3/c10-6(11)9-4-2-7(5-9)1-3-8-12-7/h3H,1-2,4-5H2,(H,10,11). The predicted molar refractivity (Wildman–Crippen MR) is 41.1 cm³/mol. The van der Waals surface area contributed by atoms with Crippen molar-refractivity contribution >= 4 is 12.3 Å². The van der Waals surface area contributed by atoms with Crippen molar-refractivity contribution in [1.29, 1.82) is 0 Å². The summed E-state index contributed by atoms with van der Waals surface area (Å²) in [6.45, 7) is 1.00. The zero-order chi connectivity index (χ0) is 8.60. The molecule has 1 N–H and O–H groups in total. The summed E-state index contributed by atoms with van der Waals surface area (Å²) >= 11 is 0. The number of carbonyl (C=O) groups is 1. The fraction of sp³-hybridized carbons (Fsp3) is 0.714. The number of oxime groups is 1. The molecule has 0 bridgehead atoms. The van der Waals surface area contributed by atoms with Gasteiger partial charge in [0.05, 0.1) is 6.54 Å². The Labute approximate surface area is 69.6 Å². The summed E-state index contributed by atoms with van der Waals surface area (Å²) < 4.78 is 0. The van der Waals surface area contributed by atoms with Crippen LogP contribution in [0.2, 0.25) is 0 Å². The zero-order valence-corrected chi connectivity index (χ0v) is 6.56. The van der Waals surface area contributed by atoms with E-state index in [4.69, 9.17) is 9.94 Å². The first-order chi connectivity index (χ1) is 5.72. The van der Waals surface area contributed by atoms with Crippen LogP contribution in [0.1, 0.15) is 12.8 Å². The highest BCUT2D eigenvalue weighted by Crippen LogP contribution is 2.31. The van der Waals surface area contributed by atoms with Crippen molar-refractivity contribution in [2.45, 2.75) is 18.4 Å². The summed E-state index contributed by atoms with van der Waals surface area (Å²) in [5, 5.41) is 12.4. The maximum atomic E-state index is 10.6. The molecule has 0 aliphatic carbocycles. The van der Waals surface area contributed by atoms with Crippen LogP contribution in [0.5, 0.6) is 0 Å². The summed E-state index contributed by atoms with van der Waals surface area (Å²) in [5.74, 6) is 0. The Balaban J connectivity index is 2.02. The van der Waals surface area contributed by atoms with Crippen molar-refractivity contribution in [2.24, 2.45) is 5.16 Å². The fourth-order valence-corrected chi connectivity index (χ4v) is 1.64. The number of nitrogens with zero attached hydrogens (tertiary/aromatic N) is 2. The molecule has 66 valence electrons. The van der Waals surface area contributed by atoms with E-state index in [0.717, 1.165) is 12.8 Å². The molecule has 2 heterocycles. The molecule has 1 spiro atoms. The van der Waals surface area contributed by atoms with E-state index in [-0.39, 0.29) is 5.60 Å². The zero-order valence-electron chi connectivity index (χ0n) is 6.56. The first kappa shape index (κ1) is 7.39. The second-order valence-corrected chi connectivity index (χ2v) is 3.22. The molecule has 1 fully saturated rings. The molecule has 1 unspecified atom stereocenters. The summed E-state index contributed by atoms with van der Waals surface area (Å²) in [5.41, 5.74) is -0.335. The first-order valence-corrected chi connectivity index (χ1v) is 3.90. The predicted octanol–water partition coefficient (Wildman–Crippen LogP) is 0.515. The van der Waals surface area contributed by atoms with Crippen molar-refractivity contribution in [2.75, 3.05) is 13.1 Å². The number of amides is 1. The topological polar surface area (TPSA) is 62.1 Å². The quantitative estimate of drug-likeness (QED) is 0.576. The second kappa shape index (κ2) is 2.36. The molecule has 1 saturated heterocycles. The average molecular weight is 170 g/mol. The number of carboxylic acid groups (broad SMARTS) is 1. The summed E-state index contributed by atoms with van der Waals surface area (Å²) in [4.78, 5) is 17.1. The van der Waals surface area contributed by atoms with Gasteiger partial charge in [0.1, 0.15) is 0 Å². The van der Waals surface area contributed by atoms with E-state index < -0.39 is 6.09 Å². The Morgan fingerprint density at radius 3 is 3.08 bits per heavy atom. The van der Waals surface area contributed by atoms with Crippen LogP contribution in [0.3, 0.4) is 0 Å². The number of hydrogen-bond donors (Lipinski definition) is 1. The molecule has 2 aliphatic rings. The van der Waals surface area contributed by atoms with Crippen LogP contribution in [0, 0.1) is 0 Å². The van der Waals surface area contributed by atoms with E-state index >= 15 is 0 Å². The largest absolute Gasteiger partial charge is 0.465 e. The highest BCUT2D eigenvalue weighted by molar-refractivity contribution is 5.66. The Hall–Kier alpha value is -1.26. The van der Waals surface area contributed by atoms with E-state index in [0.29, 0.717) is 13.1 Å². The van der Waals surface area contributed by atoms with Gasteiger partial charge in [-0.25, -0.2) is 4.79 Å². The van der Waals surface area contributed by atoms with E-state index in [2.05, 4.69) is 5.16 Å². The van der Waals surface area contributed by atoms with E-state index in [1.165, 1.54) is 4.90 Å². The number of likely N-dealkylation sites (tertiary alicyclic amines) is 1. The van der Waals surface area contributed by atoms with Gasteiger partial charge in [-0.1, -0.05) is 5.16 Å². The molecule has 5 heteroatoms. The van der Waals surface area contributed by atoms with Crippen LogP contribution in [-0.4, -0.2) is 41.0 Å². The van der Waals surface area contributed by atoms with Gasteiger partial charge in [0, 0.05) is 25.6 Å². The lowest BCUT2D eigenvalue weighted by molar-refractivity contribution is -0.00903. The molecule has 12 heavy (non-hydrogen) atoms. The maximum Gasteiger partial charge on any atom is 0.407 e. The minimum Gasteiger partial charge on any atom is -0.465 e. The van der Waals surface area contributed by atoms with Gasteiger partial charge in [-0.2, -0.15) is 0 Å². The Kier molecular flexibility index (Phi) is 1.46. The van der Waals surface area contributed by atoms with Crippen molar-refractivity contribution in [1.82, 2.24) is 4.90 Å². The van der Waals surface area contributed by atoms with Gasteiger partial charge in [0.2, 0.25) is 0 Å². The smallest absolute Gasteiger partial charge is 0.407 e. The summed E-state index contributed by atoms with van der Waals surface area (Å²) in [6, 6.07) is 0. The van der Waals surface area contributed by atoms with E-state index in [9.17, 15) is 4.79 Å².